The van der Waals surface area contributed by atoms with Gasteiger partial charge in [-0.1, -0.05) is 42.1 Å². The molecule has 1 fully saturated rings. The van der Waals surface area contributed by atoms with E-state index in [9.17, 15) is 19.5 Å². The standard InChI is InChI=1S/C14H15N3O4S/c18-11(7-6-9-4-2-1-3-5-9)16-17-14-15-12(19)8-10(22-14)13(20)21/h1-5,10H,6-8H2,(H,16,18)(H,20,21)(H,15,17,19)/p-1/t10-/m0/s1. The van der Waals surface area contributed by atoms with Gasteiger partial charge in [0.1, 0.15) is 0 Å². The highest BCUT2D eigenvalue weighted by Crippen LogP contribution is 2.19. The SMILES string of the molecule is O=C(CCc1ccccc1)N/N=C1\NC(=O)C[C@@H](C(=O)[O-])S1. The Bertz CT molecular complexity index is 603. The Labute approximate surface area is 131 Å². The third-order valence-corrected chi connectivity index (χ3v) is 3.96. The molecule has 8 heteroatoms. The molecule has 1 heterocycles. The molecule has 0 saturated carbocycles. The highest BCUT2D eigenvalue weighted by molar-refractivity contribution is 8.15. The molecule has 2 amide bonds. The molecule has 1 aliphatic rings. The number of hydrogen-bond donors (Lipinski definition) is 2. The van der Waals surface area contributed by atoms with Crippen LogP contribution in [0.25, 0.3) is 0 Å². The van der Waals surface area contributed by atoms with E-state index in [-0.39, 0.29) is 23.9 Å². The van der Waals surface area contributed by atoms with Gasteiger partial charge < -0.3 is 15.2 Å². The van der Waals surface area contributed by atoms with Gasteiger partial charge in [0.15, 0.2) is 5.17 Å². The van der Waals surface area contributed by atoms with Gasteiger partial charge in [-0.15, -0.1) is 5.10 Å². The molecule has 0 radical (unpaired) electrons. The predicted octanol–water partition coefficient (Wildman–Crippen LogP) is -0.622. The van der Waals surface area contributed by atoms with E-state index in [4.69, 9.17) is 0 Å². The first-order valence-electron chi connectivity index (χ1n) is 6.62. The molecule has 1 aromatic rings. The van der Waals surface area contributed by atoms with Gasteiger partial charge in [0, 0.05) is 12.8 Å². The second-order valence-corrected chi connectivity index (χ2v) is 5.81. The van der Waals surface area contributed by atoms with Crippen molar-refractivity contribution in [2.45, 2.75) is 24.5 Å². The van der Waals surface area contributed by atoms with Crippen molar-refractivity contribution in [2.24, 2.45) is 5.10 Å². The number of benzene rings is 1. The number of carbonyl (C=O) groups excluding carboxylic acids is 3. The van der Waals surface area contributed by atoms with E-state index in [1.807, 2.05) is 30.3 Å². The summed E-state index contributed by atoms with van der Waals surface area (Å²) in [7, 11) is 0. The highest BCUT2D eigenvalue weighted by atomic mass is 32.2. The van der Waals surface area contributed by atoms with Crippen LogP contribution in [0.4, 0.5) is 0 Å². The van der Waals surface area contributed by atoms with Crippen LogP contribution in [0.5, 0.6) is 0 Å². The zero-order valence-electron chi connectivity index (χ0n) is 11.6. The number of thioether (sulfide) groups is 1. The van der Waals surface area contributed by atoms with Gasteiger partial charge in [-0.3, -0.25) is 9.59 Å². The van der Waals surface area contributed by atoms with Gasteiger partial charge >= 0.3 is 0 Å². The summed E-state index contributed by atoms with van der Waals surface area (Å²) in [5.74, 6) is -2.12. The maximum Gasteiger partial charge on any atom is 0.240 e. The number of nitrogens with zero attached hydrogens (tertiary/aromatic N) is 1. The number of amidine groups is 1. The summed E-state index contributed by atoms with van der Waals surface area (Å²) in [6, 6.07) is 9.51. The van der Waals surface area contributed by atoms with Gasteiger partial charge in [0.2, 0.25) is 11.8 Å². The molecule has 1 aliphatic heterocycles. The molecular formula is C14H14N3O4S-. The normalized spacial score (nSPS) is 19.5. The van der Waals surface area contributed by atoms with Crippen molar-refractivity contribution in [1.29, 1.82) is 0 Å². The molecule has 2 N–H and O–H groups in total. The topological polar surface area (TPSA) is 111 Å². The number of aryl methyl sites for hydroxylation is 1. The Morgan fingerprint density at radius 3 is 2.77 bits per heavy atom. The van der Waals surface area contributed by atoms with Crippen LogP contribution in [-0.4, -0.2) is 28.2 Å². The Hall–Kier alpha value is -2.35. The second-order valence-electron chi connectivity index (χ2n) is 4.62. The zero-order valence-corrected chi connectivity index (χ0v) is 12.4. The van der Waals surface area contributed by atoms with Crippen LogP contribution in [0.15, 0.2) is 35.4 Å². The lowest BCUT2D eigenvalue weighted by atomic mass is 10.1. The van der Waals surface area contributed by atoms with E-state index < -0.39 is 17.1 Å². The molecule has 0 aromatic heterocycles. The molecule has 0 spiro atoms. The average molecular weight is 320 g/mol. The molecule has 116 valence electrons. The number of aliphatic carboxylic acids is 1. The quantitative estimate of drug-likeness (QED) is 0.702. The molecule has 1 saturated heterocycles. The Morgan fingerprint density at radius 1 is 1.36 bits per heavy atom. The molecule has 22 heavy (non-hydrogen) atoms. The molecule has 0 unspecified atom stereocenters. The van der Waals surface area contributed by atoms with Crippen LogP contribution in [0, 0.1) is 0 Å². The van der Waals surface area contributed by atoms with Gasteiger partial charge in [-0.25, -0.2) is 5.43 Å². The summed E-state index contributed by atoms with van der Waals surface area (Å²) in [6.07, 6.45) is 0.635. The third-order valence-electron chi connectivity index (χ3n) is 2.90. The minimum atomic E-state index is -1.33. The maximum atomic E-state index is 11.7. The summed E-state index contributed by atoms with van der Waals surface area (Å²) in [5.41, 5.74) is 3.33. The first kappa shape index (κ1) is 16.0. The van der Waals surface area contributed by atoms with Crippen LogP contribution < -0.4 is 15.8 Å². The number of rotatable bonds is 5. The van der Waals surface area contributed by atoms with Crippen LogP contribution in [-0.2, 0) is 20.8 Å². The summed E-state index contributed by atoms with van der Waals surface area (Å²) in [4.78, 5) is 33.8. The van der Waals surface area contributed by atoms with Crippen molar-refractivity contribution >= 4 is 34.7 Å². The van der Waals surface area contributed by atoms with Gasteiger partial charge in [0.05, 0.1) is 11.2 Å². The highest BCUT2D eigenvalue weighted by Gasteiger charge is 2.25. The van der Waals surface area contributed by atoms with Crippen molar-refractivity contribution in [3.05, 3.63) is 35.9 Å². The molecule has 7 nitrogen and oxygen atoms in total. The number of hydrazone groups is 1. The molecule has 0 aliphatic carbocycles. The van der Waals surface area contributed by atoms with Crippen LogP contribution in [0.1, 0.15) is 18.4 Å². The van der Waals surface area contributed by atoms with E-state index in [1.165, 1.54) is 0 Å². The fraction of sp³-hybridized carbons (Fsp3) is 0.286. The smallest absolute Gasteiger partial charge is 0.240 e. The fourth-order valence-corrected chi connectivity index (χ4v) is 2.67. The third kappa shape index (κ3) is 4.88. The number of carbonyl (C=O) groups is 3. The number of hydrogen-bond acceptors (Lipinski definition) is 6. The molecule has 1 atom stereocenters. The zero-order chi connectivity index (χ0) is 15.9. The lowest BCUT2D eigenvalue weighted by Crippen LogP contribution is -2.45. The number of nitrogens with one attached hydrogen (secondary N) is 2. The lowest BCUT2D eigenvalue weighted by molar-refractivity contribution is -0.304. The first-order valence-corrected chi connectivity index (χ1v) is 7.50. The van der Waals surface area contributed by atoms with Crippen molar-refractivity contribution < 1.29 is 19.5 Å². The van der Waals surface area contributed by atoms with E-state index in [0.717, 1.165) is 17.3 Å². The Morgan fingerprint density at radius 2 is 2.09 bits per heavy atom. The maximum absolute atomic E-state index is 11.7. The molecule has 0 bridgehead atoms. The Kier molecular flexibility index (Phi) is 5.54. The summed E-state index contributed by atoms with van der Waals surface area (Å²) in [5, 5.41) is 16.0. The lowest BCUT2D eigenvalue weighted by Gasteiger charge is -2.23. The molecular weight excluding hydrogens is 306 g/mol. The van der Waals surface area contributed by atoms with Gasteiger partial charge in [0.25, 0.3) is 0 Å². The van der Waals surface area contributed by atoms with Gasteiger partial charge in [-0.05, 0) is 12.0 Å². The fourth-order valence-electron chi connectivity index (χ4n) is 1.80. The predicted molar refractivity (Wildman–Crippen MR) is 79.5 cm³/mol. The van der Waals surface area contributed by atoms with Crippen LogP contribution in [0.3, 0.4) is 0 Å². The van der Waals surface area contributed by atoms with E-state index in [1.54, 1.807) is 0 Å². The van der Waals surface area contributed by atoms with E-state index in [0.29, 0.717) is 6.42 Å². The monoisotopic (exact) mass is 320 g/mol. The number of amides is 2. The average Bonchev–Trinajstić information content (AvgIpc) is 2.51. The van der Waals surface area contributed by atoms with E-state index >= 15 is 0 Å². The molecule has 1 aromatic carbocycles. The van der Waals surface area contributed by atoms with Crippen LogP contribution in [0.2, 0.25) is 0 Å². The van der Waals surface area contributed by atoms with E-state index in [2.05, 4.69) is 15.8 Å². The van der Waals surface area contributed by atoms with Crippen molar-refractivity contribution in [2.75, 3.05) is 0 Å². The van der Waals surface area contributed by atoms with Crippen LogP contribution >= 0.6 is 11.8 Å². The Balaban J connectivity index is 1.83. The van der Waals surface area contributed by atoms with Crippen molar-refractivity contribution in [3.63, 3.8) is 0 Å². The van der Waals surface area contributed by atoms with Gasteiger partial charge in [-0.2, -0.15) is 0 Å². The number of carboxylic acid groups (broad SMARTS) is 1. The molecule has 2 rings (SSSR count). The minimum absolute atomic E-state index is 0.0542. The van der Waals surface area contributed by atoms with Crippen molar-refractivity contribution in [3.8, 4) is 0 Å². The minimum Gasteiger partial charge on any atom is -0.549 e. The van der Waals surface area contributed by atoms with Crippen molar-refractivity contribution in [1.82, 2.24) is 10.7 Å². The summed E-state index contributed by atoms with van der Waals surface area (Å²) < 4.78 is 0. The second kappa shape index (κ2) is 7.60. The summed E-state index contributed by atoms with van der Waals surface area (Å²) in [6.45, 7) is 0. The first-order chi connectivity index (χ1) is 10.5. The number of carboxylic acids is 1. The summed E-state index contributed by atoms with van der Waals surface area (Å²) >= 11 is 0.841. The largest absolute Gasteiger partial charge is 0.549 e.